The SMILES string of the molecule is CC(C)(C)NC(=O)C1C2CCC1C2Cl. The molecule has 0 spiro atoms. The van der Waals surface area contributed by atoms with E-state index in [0.717, 1.165) is 12.8 Å². The number of carbonyl (C=O) groups is 1. The first-order valence-corrected chi connectivity index (χ1v) is 5.80. The Hall–Kier alpha value is -0.240. The van der Waals surface area contributed by atoms with E-state index in [0.29, 0.717) is 11.8 Å². The molecule has 3 aliphatic rings. The summed E-state index contributed by atoms with van der Waals surface area (Å²) in [7, 11) is 0. The first kappa shape index (κ1) is 10.3. The Morgan fingerprint density at radius 3 is 2.14 bits per heavy atom. The fourth-order valence-electron chi connectivity index (χ4n) is 2.79. The number of hydrogen-bond acceptors (Lipinski definition) is 1. The molecule has 1 amide bonds. The summed E-state index contributed by atoms with van der Waals surface area (Å²) in [5.74, 6) is 1.31. The normalized spacial score (nSPS) is 40.6. The first-order chi connectivity index (χ1) is 6.40. The highest BCUT2D eigenvalue weighted by atomic mass is 35.5. The van der Waals surface area contributed by atoms with Gasteiger partial charge in [0.1, 0.15) is 0 Å². The minimum atomic E-state index is -0.117. The van der Waals surface area contributed by atoms with Crippen LogP contribution in [0.15, 0.2) is 0 Å². The van der Waals surface area contributed by atoms with Crippen molar-refractivity contribution in [2.75, 3.05) is 0 Å². The van der Waals surface area contributed by atoms with Gasteiger partial charge in [-0.3, -0.25) is 4.79 Å². The molecule has 2 atom stereocenters. The van der Waals surface area contributed by atoms with Gasteiger partial charge in [-0.1, -0.05) is 0 Å². The third-order valence-corrected chi connectivity index (χ3v) is 4.02. The molecule has 3 heteroatoms. The lowest BCUT2D eigenvalue weighted by atomic mass is 9.71. The van der Waals surface area contributed by atoms with Crippen molar-refractivity contribution in [3.8, 4) is 0 Å². The van der Waals surface area contributed by atoms with Crippen LogP contribution in [0.1, 0.15) is 33.6 Å². The van der Waals surface area contributed by atoms with E-state index < -0.39 is 0 Å². The second kappa shape index (κ2) is 3.13. The zero-order valence-corrected chi connectivity index (χ0v) is 9.77. The van der Waals surface area contributed by atoms with E-state index in [2.05, 4.69) is 5.32 Å². The van der Waals surface area contributed by atoms with Crippen molar-refractivity contribution >= 4 is 17.5 Å². The fraction of sp³-hybridized carbons (Fsp3) is 0.909. The smallest absolute Gasteiger partial charge is 0.224 e. The van der Waals surface area contributed by atoms with Crippen LogP contribution in [-0.2, 0) is 4.79 Å². The second-order valence-electron chi connectivity index (χ2n) is 5.61. The highest BCUT2D eigenvalue weighted by Gasteiger charge is 2.57. The molecule has 0 saturated heterocycles. The van der Waals surface area contributed by atoms with Gasteiger partial charge in [0.25, 0.3) is 0 Å². The summed E-state index contributed by atoms with van der Waals surface area (Å²) in [5, 5.41) is 3.31. The average molecular weight is 216 g/mol. The summed E-state index contributed by atoms with van der Waals surface area (Å²) < 4.78 is 0. The van der Waals surface area contributed by atoms with Gasteiger partial charge in [-0.25, -0.2) is 0 Å². The topological polar surface area (TPSA) is 29.1 Å². The molecule has 2 nitrogen and oxygen atoms in total. The molecule has 3 aliphatic carbocycles. The molecule has 1 N–H and O–H groups in total. The predicted molar refractivity (Wildman–Crippen MR) is 57.2 cm³/mol. The van der Waals surface area contributed by atoms with Gasteiger partial charge in [0.15, 0.2) is 0 Å². The van der Waals surface area contributed by atoms with Crippen molar-refractivity contribution in [1.82, 2.24) is 5.32 Å². The number of nitrogens with one attached hydrogen (secondary N) is 1. The summed E-state index contributed by atoms with van der Waals surface area (Å²) in [5.41, 5.74) is -0.117. The number of carbonyl (C=O) groups excluding carboxylic acids is 1. The van der Waals surface area contributed by atoms with Gasteiger partial charge < -0.3 is 5.32 Å². The largest absolute Gasteiger partial charge is 0.351 e. The zero-order chi connectivity index (χ0) is 10.5. The lowest BCUT2D eigenvalue weighted by Crippen LogP contribution is -2.53. The number of amides is 1. The molecule has 14 heavy (non-hydrogen) atoms. The highest BCUT2D eigenvalue weighted by molar-refractivity contribution is 6.22. The minimum Gasteiger partial charge on any atom is -0.351 e. The Morgan fingerprint density at radius 2 is 1.79 bits per heavy atom. The molecule has 0 aliphatic heterocycles. The maximum atomic E-state index is 11.9. The molecule has 2 unspecified atom stereocenters. The molecular weight excluding hydrogens is 198 g/mol. The second-order valence-corrected chi connectivity index (χ2v) is 6.12. The molecule has 3 saturated carbocycles. The van der Waals surface area contributed by atoms with Gasteiger partial charge in [0, 0.05) is 16.8 Å². The summed E-state index contributed by atoms with van der Waals surface area (Å²) in [6.07, 6.45) is 2.28. The van der Waals surface area contributed by atoms with Crippen molar-refractivity contribution in [2.24, 2.45) is 17.8 Å². The monoisotopic (exact) mass is 215 g/mol. The van der Waals surface area contributed by atoms with E-state index in [1.165, 1.54) is 0 Å². The van der Waals surface area contributed by atoms with Crippen molar-refractivity contribution in [1.29, 1.82) is 0 Å². The molecule has 3 fully saturated rings. The Balaban J connectivity index is 1.96. The van der Waals surface area contributed by atoms with Crippen molar-refractivity contribution in [2.45, 2.75) is 44.5 Å². The zero-order valence-electron chi connectivity index (χ0n) is 9.01. The Kier molecular flexibility index (Phi) is 2.30. The molecule has 0 radical (unpaired) electrons. The maximum Gasteiger partial charge on any atom is 0.224 e. The molecule has 0 heterocycles. The molecule has 0 aromatic rings. The van der Waals surface area contributed by atoms with E-state index in [9.17, 15) is 4.79 Å². The molecule has 80 valence electrons. The number of alkyl halides is 1. The first-order valence-electron chi connectivity index (χ1n) is 5.36. The van der Waals surface area contributed by atoms with Crippen LogP contribution in [0.4, 0.5) is 0 Å². The van der Waals surface area contributed by atoms with Crippen LogP contribution in [0.2, 0.25) is 0 Å². The van der Waals surface area contributed by atoms with Crippen molar-refractivity contribution in [3.05, 3.63) is 0 Å². The summed E-state index contributed by atoms with van der Waals surface area (Å²) >= 11 is 6.14. The standard InChI is InChI=1S/C11H18ClNO/c1-11(2,3)13-10(14)8-6-4-5-7(8)9(6)12/h6-9H,4-5H2,1-3H3,(H,13,14). The lowest BCUT2D eigenvalue weighted by molar-refractivity contribution is -0.132. The Labute approximate surface area is 90.4 Å². The predicted octanol–water partition coefficient (Wildman–Crippen LogP) is 2.16. The van der Waals surface area contributed by atoms with Gasteiger partial charge in [0.2, 0.25) is 5.91 Å². The molecule has 0 aromatic carbocycles. The van der Waals surface area contributed by atoms with E-state index in [1.807, 2.05) is 20.8 Å². The van der Waals surface area contributed by atoms with Crippen LogP contribution < -0.4 is 5.32 Å². The maximum absolute atomic E-state index is 11.9. The molecular formula is C11H18ClNO. The van der Waals surface area contributed by atoms with Crippen LogP contribution in [0.3, 0.4) is 0 Å². The fourth-order valence-corrected chi connectivity index (χ4v) is 3.36. The quantitative estimate of drug-likeness (QED) is 0.668. The summed E-state index contributed by atoms with van der Waals surface area (Å²) in [4.78, 5) is 11.9. The van der Waals surface area contributed by atoms with Crippen LogP contribution in [0.25, 0.3) is 0 Å². The van der Waals surface area contributed by atoms with Gasteiger partial charge in [0.05, 0.1) is 0 Å². The number of hydrogen-bond donors (Lipinski definition) is 1. The van der Waals surface area contributed by atoms with E-state index in [-0.39, 0.29) is 22.7 Å². The lowest BCUT2D eigenvalue weighted by Gasteiger charge is -2.41. The number of halogens is 1. The Bertz CT molecular complexity index is 247. The molecule has 3 rings (SSSR count). The summed E-state index contributed by atoms with van der Waals surface area (Å²) in [6.45, 7) is 6.05. The van der Waals surface area contributed by atoms with E-state index in [1.54, 1.807) is 0 Å². The average Bonchev–Trinajstić information content (AvgIpc) is 2.56. The van der Waals surface area contributed by atoms with Crippen molar-refractivity contribution in [3.63, 3.8) is 0 Å². The summed E-state index contributed by atoms with van der Waals surface area (Å²) in [6, 6.07) is 0. The van der Waals surface area contributed by atoms with Crippen LogP contribution >= 0.6 is 11.6 Å². The molecule has 0 aromatic heterocycles. The Morgan fingerprint density at radius 1 is 1.29 bits per heavy atom. The van der Waals surface area contributed by atoms with Gasteiger partial charge in [-0.05, 0) is 45.4 Å². The van der Waals surface area contributed by atoms with Gasteiger partial charge in [-0.15, -0.1) is 11.6 Å². The van der Waals surface area contributed by atoms with E-state index in [4.69, 9.17) is 11.6 Å². The van der Waals surface area contributed by atoms with Crippen LogP contribution in [0.5, 0.6) is 0 Å². The van der Waals surface area contributed by atoms with E-state index >= 15 is 0 Å². The van der Waals surface area contributed by atoms with Crippen LogP contribution in [0, 0.1) is 17.8 Å². The van der Waals surface area contributed by atoms with Crippen LogP contribution in [-0.4, -0.2) is 16.8 Å². The van der Waals surface area contributed by atoms with Gasteiger partial charge >= 0.3 is 0 Å². The third kappa shape index (κ3) is 1.54. The number of rotatable bonds is 1. The van der Waals surface area contributed by atoms with Crippen molar-refractivity contribution < 1.29 is 4.79 Å². The van der Waals surface area contributed by atoms with Gasteiger partial charge in [-0.2, -0.15) is 0 Å². The number of fused-ring (bicyclic) bond motifs is 1. The highest BCUT2D eigenvalue weighted by Crippen LogP contribution is 2.56. The third-order valence-electron chi connectivity index (χ3n) is 3.37. The molecule has 2 bridgehead atoms. The minimum absolute atomic E-state index is 0.117.